The van der Waals surface area contributed by atoms with Crippen molar-refractivity contribution in [3.8, 4) is 11.4 Å². The van der Waals surface area contributed by atoms with Crippen molar-refractivity contribution in [2.24, 2.45) is 0 Å². The van der Waals surface area contributed by atoms with Gasteiger partial charge in [0.05, 0.1) is 5.52 Å². The minimum atomic E-state index is 0.252. The van der Waals surface area contributed by atoms with E-state index in [4.69, 9.17) is 9.97 Å². The minimum Gasteiger partial charge on any atom is -0.357 e. The molecule has 4 rings (SSSR count). The second-order valence-electron chi connectivity index (χ2n) is 6.54. The molecule has 0 radical (unpaired) electrons. The third kappa shape index (κ3) is 3.22. The van der Waals surface area contributed by atoms with Gasteiger partial charge in [0.1, 0.15) is 5.82 Å². The Bertz CT molecular complexity index is 928. The highest BCUT2D eigenvalue weighted by molar-refractivity contribution is 5.91. The summed E-state index contributed by atoms with van der Waals surface area (Å²) in [5.41, 5.74) is 1.79. The summed E-state index contributed by atoms with van der Waals surface area (Å²) in [6.07, 6.45) is 5.15. The Kier molecular flexibility index (Phi) is 4.48. The number of aromatic nitrogens is 3. The minimum absolute atomic E-state index is 0.252. The molecule has 3 aromatic rings. The Morgan fingerprint density at radius 2 is 2.04 bits per heavy atom. The van der Waals surface area contributed by atoms with Gasteiger partial charge in [0, 0.05) is 56.4 Å². The molecular formula is C20H21N5O. The van der Waals surface area contributed by atoms with Gasteiger partial charge in [0.25, 0.3) is 0 Å². The van der Waals surface area contributed by atoms with Crippen LogP contribution in [0.4, 0.5) is 5.82 Å². The van der Waals surface area contributed by atoms with Gasteiger partial charge in [-0.1, -0.05) is 12.1 Å². The summed E-state index contributed by atoms with van der Waals surface area (Å²) < 4.78 is 0. The number of pyridine rings is 1. The van der Waals surface area contributed by atoms with Gasteiger partial charge in [0.15, 0.2) is 5.82 Å². The lowest BCUT2D eigenvalue weighted by Gasteiger charge is -2.24. The number of amides is 1. The van der Waals surface area contributed by atoms with E-state index in [9.17, 15) is 4.79 Å². The van der Waals surface area contributed by atoms with Crippen molar-refractivity contribution >= 4 is 22.6 Å². The second-order valence-corrected chi connectivity index (χ2v) is 6.54. The number of carbonyl (C=O) groups excluding carboxylic acids is 1. The lowest BCUT2D eigenvalue weighted by Crippen LogP contribution is -2.34. The molecule has 0 saturated carbocycles. The van der Waals surface area contributed by atoms with E-state index in [-0.39, 0.29) is 5.91 Å². The fourth-order valence-corrected chi connectivity index (χ4v) is 3.29. The number of anilines is 1. The first-order chi connectivity index (χ1) is 12.7. The molecule has 0 atom stereocenters. The monoisotopic (exact) mass is 347 g/mol. The average molecular weight is 347 g/mol. The van der Waals surface area contributed by atoms with E-state index >= 15 is 0 Å². The molecule has 0 aliphatic carbocycles. The molecule has 2 aromatic heterocycles. The second kappa shape index (κ2) is 7.07. The lowest BCUT2D eigenvalue weighted by molar-refractivity contribution is -0.127. The zero-order valence-electron chi connectivity index (χ0n) is 14.8. The molecule has 3 heterocycles. The Hall–Kier alpha value is -3.02. The molecule has 1 aliphatic rings. The number of benzene rings is 1. The van der Waals surface area contributed by atoms with E-state index in [0.717, 1.165) is 48.3 Å². The molecule has 0 unspecified atom stereocenters. The molecule has 6 heteroatoms. The fraction of sp³-hybridized carbons (Fsp3) is 0.300. The summed E-state index contributed by atoms with van der Waals surface area (Å²) in [7, 11) is 2.02. The number of para-hydroxylation sites is 1. The molecule has 26 heavy (non-hydrogen) atoms. The number of hydrogen-bond acceptors (Lipinski definition) is 5. The van der Waals surface area contributed by atoms with Crippen LogP contribution < -0.4 is 4.90 Å². The van der Waals surface area contributed by atoms with Crippen LogP contribution in [-0.2, 0) is 4.79 Å². The van der Waals surface area contributed by atoms with Crippen molar-refractivity contribution in [2.75, 3.05) is 31.6 Å². The third-order valence-corrected chi connectivity index (χ3v) is 4.74. The number of fused-ring (bicyclic) bond motifs is 1. The van der Waals surface area contributed by atoms with Crippen LogP contribution >= 0.6 is 0 Å². The van der Waals surface area contributed by atoms with Crippen LogP contribution in [0, 0.1) is 0 Å². The zero-order valence-corrected chi connectivity index (χ0v) is 14.8. The van der Waals surface area contributed by atoms with Crippen LogP contribution in [0.15, 0.2) is 48.8 Å². The van der Waals surface area contributed by atoms with Gasteiger partial charge in [0.2, 0.25) is 5.91 Å². The first-order valence-corrected chi connectivity index (χ1v) is 8.88. The largest absolute Gasteiger partial charge is 0.357 e. The van der Waals surface area contributed by atoms with Gasteiger partial charge in [-0.25, -0.2) is 9.97 Å². The van der Waals surface area contributed by atoms with Crippen molar-refractivity contribution in [1.82, 2.24) is 19.9 Å². The van der Waals surface area contributed by atoms with E-state index < -0.39 is 0 Å². The van der Waals surface area contributed by atoms with Crippen LogP contribution in [0.5, 0.6) is 0 Å². The van der Waals surface area contributed by atoms with Crippen LogP contribution in [0.1, 0.15) is 12.8 Å². The van der Waals surface area contributed by atoms with Gasteiger partial charge < -0.3 is 9.80 Å². The SMILES string of the molecule is CN(CCN1CCCC1=O)c1nc(-c2cccnc2)nc2ccccc12. The maximum atomic E-state index is 11.8. The van der Waals surface area contributed by atoms with Gasteiger partial charge in [-0.2, -0.15) is 0 Å². The molecule has 0 N–H and O–H groups in total. The molecule has 0 bridgehead atoms. The number of likely N-dealkylation sites (tertiary alicyclic amines) is 1. The van der Waals surface area contributed by atoms with E-state index in [0.29, 0.717) is 12.2 Å². The molecule has 1 aromatic carbocycles. The summed E-state index contributed by atoms with van der Waals surface area (Å²) in [5, 5.41) is 1.01. The maximum Gasteiger partial charge on any atom is 0.222 e. The number of carbonyl (C=O) groups is 1. The summed E-state index contributed by atoms with van der Waals surface area (Å²) in [6, 6.07) is 11.9. The Balaban J connectivity index is 1.67. The first-order valence-electron chi connectivity index (χ1n) is 8.88. The van der Waals surface area contributed by atoms with Crippen molar-refractivity contribution in [1.29, 1.82) is 0 Å². The Labute approximate surface area is 152 Å². The highest BCUT2D eigenvalue weighted by Gasteiger charge is 2.20. The molecule has 1 aliphatic heterocycles. The van der Waals surface area contributed by atoms with Gasteiger partial charge in [-0.15, -0.1) is 0 Å². The normalized spacial score (nSPS) is 14.2. The van der Waals surface area contributed by atoms with Gasteiger partial charge in [-0.3, -0.25) is 9.78 Å². The van der Waals surface area contributed by atoms with Crippen LogP contribution in [0.3, 0.4) is 0 Å². The van der Waals surface area contributed by atoms with Crippen molar-refractivity contribution < 1.29 is 4.79 Å². The first kappa shape index (κ1) is 16.4. The number of rotatable bonds is 5. The quantitative estimate of drug-likeness (QED) is 0.710. The van der Waals surface area contributed by atoms with E-state index in [2.05, 4.69) is 9.88 Å². The molecule has 1 saturated heterocycles. The summed E-state index contributed by atoms with van der Waals surface area (Å²) in [6.45, 7) is 2.31. The molecule has 132 valence electrons. The predicted octanol–water partition coefficient (Wildman–Crippen LogP) is 2.75. The van der Waals surface area contributed by atoms with Crippen LogP contribution in [0.25, 0.3) is 22.3 Å². The van der Waals surface area contributed by atoms with Crippen LogP contribution in [0.2, 0.25) is 0 Å². The third-order valence-electron chi connectivity index (χ3n) is 4.74. The van der Waals surface area contributed by atoms with Crippen molar-refractivity contribution in [2.45, 2.75) is 12.8 Å². The molecule has 1 fully saturated rings. The highest BCUT2D eigenvalue weighted by atomic mass is 16.2. The molecule has 0 spiro atoms. The molecular weight excluding hydrogens is 326 g/mol. The van der Waals surface area contributed by atoms with Crippen molar-refractivity contribution in [3.05, 3.63) is 48.8 Å². The molecule has 1 amide bonds. The summed E-state index contributed by atoms with van der Waals surface area (Å²) in [4.78, 5) is 29.6. The lowest BCUT2D eigenvalue weighted by atomic mass is 10.2. The number of likely N-dealkylation sites (N-methyl/N-ethyl adjacent to an activating group) is 1. The van der Waals surface area contributed by atoms with Gasteiger partial charge in [-0.05, 0) is 30.7 Å². The number of nitrogens with zero attached hydrogens (tertiary/aromatic N) is 5. The summed E-state index contributed by atoms with van der Waals surface area (Å²) >= 11 is 0. The zero-order chi connectivity index (χ0) is 17.9. The molecule has 6 nitrogen and oxygen atoms in total. The van der Waals surface area contributed by atoms with Gasteiger partial charge >= 0.3 is 0 Å². The van der Waals surface area contributed by atoms with Crippen molar-refractivity contribution in [3.63, 3.8) is 0 Å². The smallest absolute Gasteiger partial charge is 0.222 e. The Morgan fingerprint density at radius 1 is 1.15 bits per heavy atom. The topological polar surface area (TPSA) is 62.2 Å². The average Bonchev–Trinajstić information content (AvgIpc) is 3.10. The fourth-order valence-electron chi connectivity index (χ4n) is 3.29. The maximum absolute atomic E-state index is 11.8. The Morgan fingerprint density at radius 3 is 2.81 bits per heavy atom. The van der Waals surface area contributed by atoms with Crippen LogP contribution in [-0.4, -0.2) is 52.4 Å². The van der Waals surface area contributed by atoms with E-state index in [1.165, 1.54) is 0 Å². The highest BCUT2D eigenvalue weighted by Crippen LogP contribution is 2.26. The number of hydrogen-bond donors (Lipinski definition) is 0. The summed E-state index contributed by atoms with van der Waals surface area (Å²) in [5.74, 6) is 1.79. The van der Waals surface area contributed by atoms with E-state index in [1.54, 1.807) is 12.4 Å². The standard InChI is InChI=1S/C20H21N5O/c1-24(12-13-25-11-5-9-18(25)26)20-16-7-2-3-8-17(16)22-19(23-20)15-6-4-10-21-14-15/h2-4,6-8,10,14H,5,9,11-13H2,1H3. The van der Waals surface area contributed by atoms with E-state index in [1.807, 2.05) is 48.3 Å². The predicted molar refractivity (Wildman–Crippen MR) is 102 cm³/mol.